The molecule has 0 aromatic heterocycles. The third-order valence-corrected chi connectivity index (χ3v) is 4.01. The van der Waals surface area contributed by atoms with Crippen LogP contribution in [0.15, 0.2) is 16.6 Å². The first-order valence-corrected chi connectivity index (χ1v) is 5.13. The molecule has 0 nitrogen and oxygen atoms in total. The normalized spacial score (nSPS) is 10.8. The summed E-state index contributed by atoms with van der Waals surface area (Å²) in [7, 11) is 0. The first-order chi connectivity index (χ1) is 5.52. The minimum absolute atomic E-state index is 0.0995. The summed E-state index contributed by atoms with van der Waals surface area (Å²) in [5, 5.41) is 0. The van der Waals surface area contributed by atoms with E-state index in [2.05, 4.69) is 15.9 Å². The van der Waals surface area contributed by atoms with E-state index in [0.717, 1.165) is 10.0 Å². The summed E-state index contributed by atoms with van der Waals surface area (Å²) in [6.45, 7) is 1.80. The van der Waals surface area contributed by atoms with Crippen LogP contribution in [0.25, 0.3) is 0 Å². The van der Waals surface area contributed by atoms with E-state index in [1.165, 1.54) is 6.07 Å². The third-order valence-electron chi connectivity index (χ3n) is 1.44. The molecular formula is C8H6BrF2I. The van der Waals surface area contributed by atoms with E-state index in [4.69, 9.17) is 0 Å². The summed E-state index contributed by atoms with van der Waals surface area (Å²) >= 11 is 5.13. The molecule has 0 radical (unpaired) electrons. The van der Waals surface area contributed by atoms with Gasteiger partial charge in [-0.15, -0.1) is 0 Å². The molecule has 1 aromatic carbocycles. The summed E-state index contributed by atoms with van der Waals surface area (Å²) in [6, 6.07) is 3.34. The highest BCUT2D eigenvalue weighted by molar-refractivity contribution is 14.1. The van der Waals surface area contributed by atoms with Gasteiger partial charge in [0.2, 0.25) is 0 Å². The van der Waals surface area contributed by atoms with Gasteiger partial charge in [-0.25, -0.2) is 8.78 Å². The van der Waals surface area contributed by atoms with Gasteiger partial charge < -0.3 is 0 Å². The van der Waals surface area contributed by atoms with Crippen LogP contribution in [0.5, 0.6) is 0 Å². The highest BCUT2D eigenvalue weighted by atomic mass is 127. The van der Waals surface area contributed by atoms with Crippen molar-refractivity contribution < 1.29 is 8.78 Å². The highest BCUT2D eigenvalue weighted by Crippen LogP contribution is 2.30. The van der Waals surface area contributed by atoms with Gasteiger partial charge in [0.05, 0.1) is 0 Å². The van der Waals surface area contributed by atoms with E-state index in [9.17, 15) is 8.78 Å². The van der Waals surface area contributed by atoms with Gasteiger partial charge in [-0.1, -0.05) is 0 Å². The summed E-state index contributed by atoms with van der Waals surface area (Å²) in [5.74, 6) is 0. The number of benzene rings is 1. The van der Waals surface area contributed by atoms with Crippen LogP contribution in [0.4, 0.5) is 8.78 Å². The molecule has 0 aliphatic carbocycles. The maximum absolute atomic E-state index is 12.4. The monoisotopic (exact) mass is 346 g/mol. The Hall–Kier alpha value is 0.290. The second kappa shape index (κ2) is 4.00. The number of aryl methyl sites for hydroxylation is 1. The molecule has 0 atom stereocenters. The molecule has 0 spiro atoms. The van der Waals surface area contributed by atoms with Gasteiger partial charge in [0.15, 0.2) is 0 Å². The van der Waals surface area contributed by atoms with Crippen molar-refractivity contribution in [3.05, 3.63) is 31.3 Å². The van der Waals surface area contributed by atoms with Crippen molar-refractivity contribution in [2.24, 2.45) is 0 Å². The Morgan fingerprint density at radius 3 is 2.50 bits per heavy atom. The molecule has 0 unspecified atom stereocenters. The largest absolute Gasteiger partial charge is 0.264 e. The fourth-order valence-electron chi connectivity index (χ4n) is 0.910. The predicted octanol–water partition coefficient (Wildman–Crippen LogP) is 4.30. The van der Waals surface area contributed by atoms with Gasteiger partial charge in [0.25, 0.3) is 6.43 Å². The maximum Gasteiger partial charge on any atom is 0.264 e. The Bertz CT molecular complexity index is 299. The smallest absolute Gasteiger partial charge is 0.205 e. The van der Waals surface area contributed by atoms with Gasteiger partial charge in [-0.2, -0.15) is 0 Å². The van der Waals surface area contributed by atoms with Crippen molar-refractivity contribution >= 4 is 38.5 Å². The molecule has 0 fully saturated rings. The van der Waals surface area contributed by atoms with Crippen molar-refractivity contribution in [3.63, 3.8) is 0 Å². The van der Waals surface area contributed by atoms with Crippen LogP contribution < -0.4 is 0 Å². The first-order valence-electron chi connectivity index (χ1n) is 3.26. The minimum atomic E-state index is -2.40. The van der Waals surface area contributed by atoms with Gasteiger partial charge in [0.1, 0.15) is 0 Å². The van der Waals surface area contributed by atoms with E-state index in [-0.39, 0.29) is 5.56 Å². The molecule has 0 saturated heterocycles. The second-order valence-electron chi connectivity index (χ2n) is 2.45. The van der Waals surface area contributed by atoms with E-state index in [0.29, 0.717) is 3.57 Å². The maximum atomic E-state index is 12.4. The average Bonchev–Trinajstić information content (AvgIpc) is 1.96. The Morgan fingerprint density at radius 1 is 1.42 bits per heavy atom. The number of halogens is 4. The first kappa shape index (κ1) is 10.4. The second-order valence-corrected chi connectivity index (χ2v) is 4.38. The lowest BCUT2D eigenvalue weighted by Crippen LogP contribution is -1.91. The molecule has 4 heteroatoms. The highest BCUT2D eigenvalue weighted by Gasteiger charge is 2.13. The summed E-state index contributed by atoms with van der Waals surface area (Å²) in [4.78, 5) is 0. The van der Waals surface area contributed by atoms with Crippen LogP contribution in [0.3, 0.4) is 0 Å². The van der Waals surface area contributed by atoms with Crippen LogP contribution in [-0.2, 0) is 0 Å². The number of hydrogen-bond donors (Lipinski definition) is 0. The molecule has 0 saturated carbocycles. The van der Waals surface area contributed by atoms with Gasteiger partial charge in [0, 0.05) is 13.6 Å². The molecule has 0 N–H and O–H groups in total. The van der Waals surface area contributed by atoms with E-state index in [1.54, 1.807) is 6.92 Å². The standard InChI is InChI=1S/C8H6BrF2I/c1-4-2-5(8(10)11)7(12)6(9)3-4/h2-3,8H,1H3. The van der Waals surface area contributed by atoms with Crippen LogP contribution >= 0.6 is 38.5 Å². The SMILES string of the molecule is Cc1cc(Br)c(I)c(C(F)F)c1. The Morgan fingerprint density at radius 2 is 2.00 bits per heavy atom. The predicted molar refractivity (Wildman–Crippen MR) is 56.6 cm³/mol. The van der Waals surface area contributed by atoms with Gasteiger partial charge in [-0.3, -0.25) is 0 Å². The molecule has 0 heterocycles. The molecule has 1 rings (SSSR count). The minimum Gasteiger partial charge on any atom is -0.205 e. The van der Waals surface area contributed by atoms with Crippen molar-refractivity contribution in [3.8, 4) is 0 Å². The lowest BCUT2D eigenvalue weighted by Gasteiger charge is -2.06. The molecule has 12 heavy (non-hydrogen) atoms. The van der Waals surface area contributed by atoms with Crippen LogP contribution in [0.1, 0.15) is 17.6 Å². The fourth-order valence-corrected chi connectivity index (χ4v) is 2.05. The molecule has 0 amide bonds. The third kappa shape index (κ3) is 2.16. The molecule has 1 aromatic rings. The zero-order chi connectivity index (χ0) is 9.30. The molecule has 0 aliphatic rings. The summed E-state index contributed by atoms with van der Waals surface area (Å²) in [5.41, 5.74) is 0.945. The summed E-state index contributed by atoms with van der Waals surface area (Å²) in [6.07, 6.45) is -2.40. The molecular weight excluding hydrogens is 341 g/mol. The molecule has 0 bridgehead atoms. The van der Waals surface area contributed by atoms with Crippen LogP contribution in [-0.4, -0.2) is 0 Å². The van der Waals surface area contributed by atoms with E-state index < -0.39 is 6.43 Å². The van der Waals surface area contributed by atoms with Crippen LogP contribution in [0.2, 0.25) is 0 Å². The van der Waals surface area contributed by atoms with Crippen molar-refractivity contribution in [1.29, 1.82) is 0 Å². The topological polar surface area (TPSA) is 0 Å². The fraction of sp³-hybridized carbons (Fsp3) is 0.250. The number of alkyl halides is 2. The van der Waals surface area contributed by atoms with Crippen molar-refractivity contribution in [1.82, 2.24) is 0 Å². The lowest BCUT2D eigenvalue weighted by atomic mass is 10.1. The van der Waals surface area contributed by atoms with E-state index in [1.807, 2.05) is 28.7 Å². The number of rotatable bonds is 1. The molecule has 66 valence electrons. The average molecular weight is 347 g/mol. The van der Waals surface area contributed by atoms with Crippen molar-refractivity contribution in [2.75, 3.05) is 0 Å². The zero-order valence-corrected chi connectivity index (χ0v) is 9.99. The quantitative estimate of drug-likeness (QED) is 0.665. The number of hydrogen-bond acceptors (Lipinski definition) is 0. The van der Waals surface area contributed by atoms with Gasteiger partial charge in [-0.05, 0) is 63.1 Å². The van der Waals surface area contributed by atoms with E-state index >= 15 is 0 Å². The summed E-state index contributed by atoms with van der Waals surface area (Å²) < 4.78 is 26.1. The van der Waals surface area contributed by atoms with Crippen LogP contribution in [0, 0.1) is 10.5 Å². The Kier molecular flexibility index (Phi) is 3.46. The zero-order valence-electron chi connectivity index (χ0n) is 6.24. The lowest BCUT2D eigenvalue weighted by molar-refractivity contribution is 0.150. The van der Waals surface area contributed by atoms with Gasteiger partial charge >= 0.3 is 0 Å². The van der Waals surface area contributed by atoms with Crippen molar-refractivity contribution in [2.45, 2.75) is 13.3 Å². The molecule has 0 aliphatic heterocycles. The Balaban J connectivity index is 3.28. The Labute approximate surface area is 91.6 Å².